The first-order valence-electron chi connectivity index (χ1n) is 9.21. The maximum atomic E-state index is 13.5. The maximum Gasteiger partial charge on any atom is 0.340 e. The van der Waals surface area contributed by atoms with E-state index in [1.807, 2.05) is 42.5 Å². The molecule has 0 N–H and O–H groups in total. The van der Waals surface area contributed by atoms with Crippen molar-refractivity contribution in [2.45, 2.75) is 6.92 Å². The Morgan fingerprint density at radius 3 is 2.30 bits per heavy atom. The number of methoxy groups -OCH3 is 1. The summed E-state index contributed by atoms with van der Waals surface area (Å²) in [5.74, 6) is -0.946. The molecule has 1 aliphatic rings. The first-order valence-corrected chi connectivity index (χ1v) is 9.97. The number of halogens is 2. The van der Waals surface area contributed by atoms with Gasteiger partial charge in [0, 0.05) is 26.7 Å². The number of carbonyl (C=O) groups is 2. The topological polar surface area (TPSA) is 46.6 Å². The summed E-state index contributed by atoms with van der Waals surface area (Å²) in [5, 5.41) is 2.65. The molecule has 4 rings (SSSR count). The third-order valence-electron chi connectivity index (χ3n) is 5.09. The molecule has 1 heterocycles. The Bertz CT molecular complexity index is 1230. The summed E-state index contributed by atoms with van der Waals surface area (Å²) in [4.78, 5) is 27.7. The molecule has 30 heavy (non-hydrogen) atoms. The molecule has 3 aromatic rings. The fourth-order valence-corrected chi connectivity index (χ4v) is 4.17. The largest absolute Gasteiger partial charge is 0.465 e. The molecule has 1 aliphatic heterocycles. The van der Waals surface area contributed by atoms with Crippen LogP contribution in [-0.4, -0.2) is 19.0 Å². The van der Waals surface area contributed by atoms with Crippen molar-refractivity contribution in [3.8, 4) is 0 Å². The van der Waals surface area contributed by atoms with Gasteiger partial charge in [0.25, 0.3) is 5.91 Å². The highest BCUT2D eigenvalue weighted by Gasteiger charge is 2.38. The number of nitrogens with zero attached hydrogens (tertiary/aromatic N) is 1. The van der Waals surface area contributed by atoms with E-state index in [9.17, 15) is 9.59 Å². The maximum absolute atomic E-state index is 13.5. The van der Waals surface area contributed by atoms with E-state index in [0.717, 1.165) is 10.8 Å². The SMILES string of the molecule is COC(=O)C1=C(C)N(c2cccc3ccccc23)C(=O)/C1=C\c1c(Cl)cccc1Cl. The minimum atomic E-state index is -0.599. The van der Waals surface area contributed by atoms with Crippen molar-refractivity contribution in [3.63, 3.8) is 0 Å². The summed E-state index contributed by atoms with van der Waals surface area (Å²) in [6, 6.07) is 18.5. The Balaban J connectivity index is 1.95. The fraction of sp³-hybridized carbons (Fsp3) is 0.0833. The van der Waals surface area contributed by atoms with Gasteiger partial charge in [0.1, 0.15) is 0 Å². The molecule has 0 spiro atoms. The van der Waals surface area contributed by atoms with Crippen molar-refractivity contribution in [1.82, 2.24) is 0 Å². The third-order valence-corrected chi connectivity index (χ3v) is 5.74. The lowest BCUT2D eigenvalue weighted by Crippen LogP contribution is -2.24. The number of amides is 1. The van der Waals surface area contributed by atoms with Crippen LogP contribution < -0.4 is 4.90 Å². The zero-order valence-corrected chi connectivity index (χ0v) is 17.8. The van der Waals surface area contributed by atoms with E-state index in [1.54, 1.807) is 31.2 Å². The highest BCUT2D eigenvalue weighted by molar-refractivity contribution is 6.37. The number of anilines is 1. The van der Waals surface area contributed by atoms with Crippen LogP contribution in [-0.2, 0) is 14.3 Å². The summed E-state index contributed by atoms with van der Waals surface area (Å²) in [6.07, 6.45) is 1.55. The van der Waals surface area contributed by atoms with E-state index in [0.29, 0.717) is 27.0 Å². The molecule has 0 atom stereocenters. The normalized spacial score (nSPS) is 15.4. The van der Waals surface area contributed by atoms with E-state index in [-0.39, 0.29) is 17.1 Å². The molecular formula is C24H17Cl2NO3. The van der Waals surface area contributed by atoms with E-state index < -0.39 is 5.97 Å². The molecule has 0 radical (unpaired) electrons. The standard InChI is InChI=1S/C24H17Cl2NO3/c1-14-22(24(29)30-2)18(13-17-19(25)10-6-11-20(17)26)23(28)27(14)21-12-5-8-15-7-3-4-9-16(15)21/h3-13H,1-2H3/b18-13-. The molecule has 0 aromatic heterocycles. The number of hydrogen-bond acceptors (Lipinski definition) is 3. The van der Waals surface area contributed by atoms with Gasteiger partial charge in [-0.05, 0) is 36.6 Å². The van der Waals surface area contributed by atoms with Gasteiger partial charge < -0.3 is 4.74 Å². The van der Waals surface area contributed by atoms with Crippen LogP contribution in [0.5, 0.6) is 0 Å². The summed E-state index contributed by atoms with van der Waals surface area (Å²) < 4.78 is 4.97. The molecule has 0 saturated carbocycles. The van der Waals surface area contributed by atoms with E-state index in [2.05, 4.69) is 0 Å². The van der Waals surface area contributed by atoms with Crippen LogP contribution in [0.1, 0.15) is 12.5 Å². The van der Waals surface area contributed by atoms with Crippen LogP contribution >= 0.6 is 23.2 Å². The third kappa shape index (κ3) is 3.28. The van der Waals surface area contributed by atoms with Gasteiger partial charge in [-0.2, -0.15) is 0 Å². The number of esters is 1. The van der Waals surface area contributed by atoms with Crippen molar-refractivity contribution in [3.05, 3.63) is 93.1 Å². The molecular weight excluding hydrogens is 421 g/mol. The molecule has 0 fully saturated rings. The van der Waals surface area contributed by atoms with Crippen LogP contribution in [0.4, 0.5) is 5.69 Å². The molecule has 0 aliphatic carbocycles. The zero-order valence-electron chi connectivity index (χ0n) is 16.3. The second kappa shape index (κ2) is 7.98. The van der Waals surface area contributed by atoms with Gasteiger partial charge in [0.2, 0.25) is 0 Å². The number of ether oxygens (including phenoxy) is 1. The Labute approximate surface area is 184 Å². The number of allylic oxidation sites excluding steroid dienone is 1. The smallest absolute Gasteiger partial charge is 0.340 e. The Hall–Kier alpha value is -3.08. The van der Waals surface area contributed by atoms with Crippen LogP contribution in [0.2, 0.25) is 10.0 Å². The van der Waals surface area contributed by atoms with E-state index in [4.69, 9.17) is 27.9 Å². The summed E-state index contributed by atoms with van der Waals surface area (Å²) in [7, 11) is 1.29. The van der Waals surface area contributed by atoms with E-state index in [1.165, 1.54) is 12.0 Å². The lowest BCUT2D eigenvalue weighted by atomic mass is 10.0. The fourth-order valence-electron chi connectivity index (χ4n) is 3.67. The summed E-state index contributed by atoms with van der Waals surface area (Å²) in [6.45, 7) is 1.72. The predicted octanol–water partition coefficient (Wildman–Crippen LogP) is 6.02. The molecule has 1 amide bonds. The lowest BCUT2D eigenvalue weighted by Gasteiger charge is -2.20. The molecule has 0 bridgehead atoms. The van der Waals surface area contributed by atoms with Gasteiger partial charge in [0.15, 0.2) is 0 Å². The van der Waals surface area contributed by atoms with Gasteiger partial charge in [-0.1, -0.05) is 65.7 Å². The molecule has 0 saturated heterocycles. The first-order chi connectivity index (χ1) is 14.4. The quantitative estimate of drug-likeness (QED) is 0.371. The van der Waals surface area contributed by atoms with Gasteiger partial charge in [-0.15, -0.1) is 0 Å². The first kappa shape index (κ1) is 20.2. The van der Waals surface area contributed by atoms with Crippen molar-refractivity contribution in [2.24, 2.45) is 0 Å². The van der Waals surface area contributed by atoms with Crippen molar-refractivity contribution >= 4 is 57.6 Å². The molecule has 6 heteroatoms. The van der Waals surface area contributed by atoms with Crippen LogP contribution in [0.15, 0.2) is 77.5 Å². The molecule has 0 unspecified atom stereocenters. The number of benzene rings is 3. The Kier molecular flexibility index (Phi) is 5.37. The minimum absolute atomic E-state index is 0.183. The molecule has 4 nitrogen and oxygen atoms in total. The van der Waals surface area contributed by atoms with E-state index >= 15 is 0 Å². The van der Waals surface area contributed by atoms with Gasteiger partial charge in [-0.25, -0.2) is 4.79 Å². The number of carbonyl (C=O) groups excluding carboxylic acids is 2. The highest BCUT2D eigenvalue weighted by Crippen LogP contribution is 2.39. The Morgan fingerprint density at radius 2 is 1.60 bits per heavy atom. The predicted molar refractivity (Wildman–Crippen MR) is 121 cm³/mol. The highest BCUT2D eigenvalue weighted by atomic mass is 35.5. The van der Waals surface area contributed by atoms with Crippen LogP contribution in [0.25, 0.3) is 16.8 Å². The van der Waals surface area contributed by atoms with Crippen molar-refractivity contribution in [1.29, 1.82) is 0 Å². The van der Waals surface area contributed by atoms with Gasteiger partial charge in [0.05, 0.1) is 23.9 Å². The van der Waals surface area contributed by atoms with Crippen LogP contribution in [0.3, 0.4) is 0 Å². The molecule has 150 valence electrons. The van der Waals surface area contributed by atoms with Crippen molar-refractivity contribution in [2.75, 3.05) is 12.0 Å². The average Bonchev–Trinajstić information content (AvgIpc) is 2.99. The summed E-state index contributed by atoms with van der Waals surface area (Å²) >= 11 is 12.6. The zero-order chi connectivity index (χ0) is 21.4. The average molecular weight is 438 g/mol. The molecule has 3 aromatic carbocycles. The monoisotopic (exact) mass is 437 g/mol. The minimum Gasteiger partial charge on any atom is -0.465 e. The van der Waals surface area contributed by atoms with Gasteiger partial charge in [-0.3, -0.25) is 9.69 Å². The summed E-state index contributed by atoms with van der Waals surface area (Å²) in [5.41, 5.74) is 2.01. The Morgan fingerprint density at radius 1 is 0.967 bits per heavy atom. The van der Waals surface area contributed by atoms with Crippen molar-refractivity contribution < 1.29 is 14.3 Å². The van der Waals surface area contributed by atoms with Gasteiger partial charge >= 0.3 is 5.97 Å². The second-order valence-corrected chi connectivity index (χ2v) is 7.60. The van der Waals surface area contributed by atoms with Crippen LogP contribution in [0, 0.1) is 0 Å². The number of fused-ring (bicyclic) bond motifs is 1. The number of hydrogen-bond donors (Lipinski definition) is 0. The lowest BCUT2D eigenvalue weighted by molar-refractivity contribution is -0.136. The number of rotatable bonds is 3. The second-order valence-electron chi connectivity index (χ2n) is 6.78.